The van der Waals surface area contributed by atoms with Gasteiger partial charge in [-0.25, -0.2) is 14.6 Å². The molecule has 4 aliphatic rings. The van der Waals surface area contributed by atoms with E-state index in [1.54, 1.807) is 65.7 Å². The van der Waals surface area contributed by atoms with Crippen molar-refractivity contribution in [2.45, 2.75) is 205 Å². The number of halogens is 6. The van der Waals surface area contributed by atoms with Crippen molar-refractivity contribution >= 4 is 23.8 Å². The van der Waals surface area contributed by atoms with E-state index in [2.05, 4.69) is 30.6 Å². The van der Waals surface area contributed by atoms with Crippen molar-refractivity contribution in [1.29, 1.82) is 0 Å². The molecule has 440 valence electrons. The molecule has 18 nitrogen and oxygen atoms in total. The van der Waals surface area contributed by atoms with Gasteiger partial charge in [-0.05, 0) is 129 Å². The highest BCUT2D eigenvalue weighted by atomic mass is 19.4. The van der Waals surface area contributed by atoms with Crippen molar-refractivity contribution < 1.29 is 64.5 Å². The van der Waals surface area contributed by atoms with E-state index in [9.17, 15) is 45.5 Å². The van der Waals surface area contributed by atoms with Crippen LogP contribution in [0.5, 0.6) is 11.5 Å². The number of nitrogens with zero attached hydrogens (tertiary/aromatic N) is 10. The van der Waals surface area contributed by atoms with Gasteiger partial charge in [-0.1, -0.05) is 36.1 Å². The van der Waals surface area contributed by atoms with Gasteiger partial charge in [0.2, 0.25) is 11.8 Å². The predicted molar refractivity (Wildman–Crippen MR) is 280 cm³/mol. The lowest BCUT2D eigenvalue weighted by Gasteiger charge is -2.29. The number of carbonyl (C=O) groups excluding carboxylic acids is 4. The van der Waals surface area contributed by atoms with Gasteiger partial charge >= 0.3 is 24.3 Å². The smallest absolute Gasteiger partial charge is 0.437 e. The zero-order valence-corrected chi connectivity index (χ0v) is 47.1. The highest BCUT2D eigenvalue weighted by Crippen LogP contribution is 2.41. The molecule has 0 bridgehead atoms. The first-order valence-corrected chi connectivity index (χ1v) is 28.1. The summed E-state index contributed by atoms with van der Waals surface area (Å²) >= 11 is 0. The van der Waals surface area contributed by atoms with Crippen LogP contribution >= 0.6 is 0 Å². The highest BCUT2D eigenvalue weighted by Gasteiger charge is 2.41. The fraction of sp³-hybridized carbons (Fsp3) is 0.679. The summed E-state index contributed by atoms with van der Waals surface area (Å²) in [5, 5.41) is 16.2. The summed E-state index contributed by atoms with van der Waals surface area (Å²) in [6.07, 6.45) is 2.18. The van der Waals surface area contributed by atoms with Crippen LogP contribution in [-0.2, 0) is 67.9 Å². The van der Waals surface area contributed by atoms with Gasteiger partial charge in [0.1, 0.15) is 11.4 Å². The molecule has 4 aromatic heterocycles. The summed E-state index contributed by atoms with van der Waals surface area (Å²) in [6, 6.07) is 5.86. The Morgan fingerprint density at radius 2 is 1.02 bits per heavy atom. The maximum atomic E-state index is 14.2. The summed E-state index contributed by atoms with van der Waals surface area (Å²) in [4.78, 5) is 61.7. The number of ether oxygens (including phenoxy) is 4. The lowest BCUT2D eigenvalue weighted by atomic mass is 9.87. The molecule has 0 saturated heterocycles. The number of rotatable bonds is 18. The predicted octanol–water partition coefficient (Wildman–Crippen LogP) is 10.2. The Hall–Kier alpha value is -6.36. The molecule has 0 N–H and O–H groups in total. The minimum atomic E-state index is -4.78. The lowest BCUT2D eigenvalue weighted by molar-refractivity contribution is -0.155. The van der Waals surface area contributed by atoms with Gasteiger partial charge in [-0.15, -0.1) is 10.2 Å². The fourth-order valence-corrected chi connectivity index (χ4v) is 11.2. The van der Waals surface area contributed by atoms with E-state index in [4.69, 9.17) is 18.9 Å². The van der Waals surface area contributed by atoms with Gasteiger partial charge in [0, 0.05) is 66.0 Å². The highest BCUT2D eigenvalue weighted by molar-refractivity contribution is 5.77. The summed E-state index contributed by atoms with van der Waals surface area (Å²) in [6.45, 7) is 7.03. The second-order valence-electron chi connectivity index (χ2n) is 22.2. The van der Waals surface area contributed by atoms with E-state index >= 15 is 0 Å². The van der Waals surface area contributed by atoms with Crippen LogP contribution in [0.1, 0.15) is 166 Å². The Morgan fingerprint density at radius 1 is 0.588 bits per heavy atom. The van der Waals surface area contributed by atoms with Gasteiger partial charge in [0.15, 0.2) is 22.9 Å². The van der Waals surface area contributed by atoms with Crippen LogP contribution in [0.25, 0.3) is 22.8 Å². The van der Waals surface area contributed by atoms with Crippen LogP contribution in [0.2, 0.25) is 0 Å². The Kier molecular flexibility index (Phi) is 20.6. The lowest BCUT2D eigenvalue weighted by Crippen LogP contribution is -2.35. The van der Waals surface area contributed by atoms with Gasteiger partial charge in [-0.2, -0.15) is 26.3 Å². The number of aromatic nitrogens is 8. The van der Waals surface area contributed by atoms with Gasteiger partial charge in [0.05, 0.1) is 59.0 Å². The first kappa shape index (κ1) is 61.3. The SMILES string of the molecule is CC(C)OC(=O)[C@H]1CCC[C@H](Oc2ccc(-c3c(CCC(=O)N(C)C4CCCC4)nnn3C)nc2C(F)(F)F)C1.CC(C)OC(=O)[C@H]1CCC[C@H](Oc2ccc(-c3nnn(C)c3CCC(=O)N(C)C3CCCC3)nc2C(F)(F)F)C1. The van der Waals surface area contributed by atoms with Crippen molar-refractivity contribution in [3.8, 4) is 34.3 Å². The number of alkyl halides is 6. The fourth-order valence-electron chi connectivity index (χ4n) is 11.2. The molecule has 0 spiro atoms. The molecule has 0 unspecified atom stereocenters. The molecule has 4 atom stereocenters. The minimum absolute atomic E-state index is 0.00130. The zero-order chi connectivity index (χ0) is 58.1. The third-order valence-corrected chi connectivity index (χ3v) is 15.5. The second-order valence-corrected chi connectivity index (χ2v) is 22.2. The van der Waals surface area contributed by atoms with Crippen LogP contribution < -0.4 is 9.47 Å². The molecule has 80 heavy (non-hydrogen) atoms. The molecule has 4 saturated carbocycles. The van der Waals surface area contributed by atoms with E-state index in [0.717, 1.165) is 51.4 Å². The summed E-state index contributed by atoms with van der Waals surface area (Å²) in [5.74, 6) is -2.36. The number of carbonyl (C=O) groups is 4. The Morgan fingerprint density at radius 3 is 1.49 bits per heavy atom. The Bertz CT molecular complexity index is 2750. The van der Waals surface area contributed by atoms with Crippen molar-refractivity contribution in [1.82, 2.24) is 49.8 Å². The number of pyridine rings is 2. The number of esters is 2. The zero-order valence-electron chi connectivity index (χ0n) is 47.1. The average molecular weight is 1130 g/mol. The van der Waals surface area contributed by atoms with Crippen molar-refractivity contribution in [3.05, 3.63) is 47.0 Å². The molecule has 0 aliphatic heterocycles. The van der Waals surface area contributed by atoms with Gasteiger partial charge in [0.25, 0.3) is 0 Å². The monoisotopic (exact) mass is 1130 g/mol. The molecule has 2 amide bonds. The molecule has 24 heteroatoms. The molecule has 4 aromatic rings. The number of amides is 2. The molecule has 0 radical (unpaired) electrons. The van der Waals surface area contributed by atoms with Crippen LogP contribution in [0.3, 0.4) is 0 Å². The maximum absolute atomic E-state index is 14.2. The molecule has 8 rings (SSSR count). The van der Waals surface area contributed by atoms with Gasteiger partial charge < -0.3 is 28.7 Å². The number of hydrogen-bond donors (Lipinski definition) is 0. The topological polar surface area (TPSA) is 199 Å². The first-order valence-electron chi connectivity index (χ1n) is 28.1. The van der Waals surface area contributed by atoms with Crippen LogP contribution in [0.4, 0.5) is 26.3 Å². The molecule has 0 aromatic carbocycles. The standard InChI is InChI=1S/2C28H38F3N5O4/c1-17(2)39-27(38)18-8-7-11-20(16-18)40-23-14-12-21(32-26(23)28(29,30)31)25-22(36(4)34-33-25)13-15-24(37)35(3)19-9-5-6-10-19;1-17(2)39-27(38)18-8-7-11-20(16-18)40-23-14-12-21(32-26(23)28(29,30)31)25-22(33-34-36(25)4)13-15-24(37)35(3)19-9-5-6-10-19/h2*12,14,17-20H,5-11,13,15-16H2,1-4H3/t2*18-,20-/m00/s1. The number of aryl methyl sites for hydroxylation is 3. The molecule has 4 heterocycles. The van der Waals surface area contributed by atoms with E-state index in [1.807, 2.05) is 0 Å². The second kappa shape index (κ2) is 26.9. The third-order valence-electron chi connectivity index (χ3n) is 15.5. The first-order chi connectivity index (χ1) is 37.9. The van der Waals surface area contributed by atoms with Crippen molar-refractivity contribution in [2.24, 2.45) is 25.9 Å². The van der Waals surface area contributed by atoms with E-state index in [0.29, 0.717) is 55.6 Å². The largest absolute Gasteiger partial charge is 0.488 e. The summed E-state index contributed by atoms with van der Waals surface area (Å²) < 4.78 is 110. The van der Waals surface area contributed by atoms with E-state index < -0.39 is 53.5 Å². The minimum Gasteiger partial charge on any atom is -0.488 e. The Balaban J connectivity index is 0.000000231. The average Bonchev–Trinajstić information content (AvgIpc) is 4.36. The summed E-state index contributed by atoms with van der Waals surface area (Å²) in [7, 11) is 6.82. The van der Waals surface area contributed by atoms with Gasteiger partial charge in [-0.3, -0.25) is 23.9 Å². The third kappa shape index (κ3) is 16.0. The van der Waals surface area contributed by atoms with Crippen LogP contribution in [-0.4, -0.2) is 124 Å². The van der Waals surface area contributed by atoms with Crippen LogP contribution in [0, 0.1) is 11.8 Å². The normalized spacial score (nSPS) is 20.1. The van der Waals surface area contributed by atoms with E-state index in [1.165, 1.54) is 33.6 Å². The van der Waals surface area contributed by atoms with Crippen LogP contribution in [0.15, 0.2) is 24.3 Å². The molecular weight excluding hydrogens is 1050 g/mol. The number of hydrogen-bond acceptors (Lipinski definition) is 14. The molecular formula is C56H76F6N10O8. The molecule has 4 fully saturated rings. The quantitative estimate of drug-likeness (QED) is 0.0673. The van der Waals surface area contributed by atoms with Crippen molar-refractivity contribution in [2.75, 3.05) is 14.1 Å². The maximum Gasteiger partial charge on any atom is 0.437 e. The van der Waals surface area contributed by atoms with Crippen molar-refractivity contribution in [3.63, 3.8) is 0 Å². The van der Waals surface area contributed by atoms with E-state index in [-0.39, 0.29) is 109 Å². The summed E-state index contributed by atoms with van der Waals surface area (Å²) in [5.41, 5.74) is -0.814. The Labute approximate surface area is 463 Å². The molecule has 4 aliphatic carbocycles.